The van der Waals surface area contributed by atoms with Crippen molar-refractivity contribution in [2.24, 2.45) is 0 Å². The molecule has 2 aromatic carbocycles. The Bertz CT molecular complexity index is 811. The van der Waals surface area contributed by atoms with E-state index in [2.05, 4.69) is 11.8 Å². The number of nitrogens with zero attached hydrogens (tertiary/aromatic N) is 2. The smallest absolute Gasteiger partial charge is 0.255 e. The van der Waals surface area contributed by atoms with Crippen LogP contribution < -0.4 is 4.74 Å². The van der Waals surface area contributed by atoms with Gasteiger partial charge in [-0.05, 0) is 50.9 Å². The summed E-state index contributed by atoms with van der Waals surface area (Å²) in [6, 6.07) is 15.8. The molecule has 5 heteroatoms. The number of carbonyl (C=O) groups is 1. The first-order valence-corrected chi connectivity index (χ1v) is 10.9. The van der Waals surface area contributed by atoms with Gasteiger partial charge in [-0.3, -0.25) is 4.79 Å². The molecule has 0 aromatic heterocycles. The van der Waals surface area contributed by atoms with Gasteiger partial charge in [0, 0.05) is 31.2 Å². The maximum atomic E-state index is 13.3. The second-order valence-electron chi connectivity index (χ2n) is 7.75. The van der Waals surface area contributed by atoms with E-state index in [-0.39, 0.29) is 5.91 Å². The minimum Gasteiger partial charge on any atom is -0.496 e. The Morgan fingerprint density at radius 2 is 1.93 bits per heavy atom. The zero-order valence-electron chi connectivity index (χ0n) is 17.4. The van der Waals surface area contributed by atoms with Gasteiger partial charge in [-0.1, -0.05) is 48.4 Å². The highest BCUT2D eigenvalue weighted by Gasteiger charge is 2.22. The molecule has 0 N–H and O–H groups in total. The summed E-state index contributed by atoms with van der Waals surface area (Å²) in [7, 11) is 1.66. The van der Waals surface area contributed by atoms with Crippen LogP contribution in [0.5, 0.6) is 5.75 Å². The molecule has 1 unspecified atom stereocenters. The van der Waals surface area contributed by atoms with E-state index in [0.717, 1.165) is 30.8 Å². The van der Waals surface area contributed by atoms with Gasteiger partial charge >= 0.3 is 0 Å². The first-order chi connectivity index (χ1) is 14.1. The van der Waals surface area contributed by atoms with Gasteiger partial charge in [0.25, 0.3) is 5.91 Å². The maximum Gasteiger partial charge on any atom is 0.255 e. The molecule has 3 rings (SSSR count). The molecule has 1 atom stereocenters. The standard InChI is InChI=1S/C24H31ClN2O2/c1-19-10-7-8-15-26(19)16-9-17-27(18-20-11-3-6-14-23(20)29-2)24(28)21-12-4-5-13-22(21)25/h3-6,11-14,19H,7-10,15-18H2,1-2H3. The third-order valence-electron chi connectivity index (χ3n) is 5.76. The molecule has 1 aliphatic rings. The number of amides is 1. The van der Waals surface area contributed by atoms with Crippen LogP contribution in [-0.4, -0.2) is 48.5 Å². The summed E-state index contributed by atoms with van der Waals surface area (Å²) in [6.07, 6.45) is 4.80. The molecule has 0 aliphatic carbocycles. The quantitative estimate of drug-likeness (QED) is 0.591. The van der Waals surface area contributed by atoms with E-state index >= 15 is 0 Å². The van der Waals surface area contributed by atoms with Crippen molar-refractivity contribution >= 4 is 17.5 Å². The predicted octanol–water partition coefficient (Wildman–Crippen LogP) is 5.26. The van der Waals surface area contributed by atoms with Crippen molar-refractivity contribution in [2.45, 2.75) is 45.2 Å². The predicted molar refractivity (Wildman–Crippen MR) is 119 cm³/mol. The molecule has 0 spiro atoms. The molecule has 1 saturated heterocycles. The number of carbonyl (C=O) groups excluding carboxylic acids is 1. The highest BCUT2D eigenvalue weighted by molar-refractivity contribution is 6.33. The van der Waals surface area contributed by atoms with Gasteiger partial charge in [0.1, 0.15) is 5.75 Å². The summed E-state index contributed by atoms with van der Waals surface area (Å²) in [5.74, 6) is 0.766. The normalized spacial score (nSPS) is 17.1. The maximum absolute atomic E-state index is 13.3. The molecule has 0 saturated carbocycles. The Morgan fingerprint density at radius 3 is 2.69 bits per heavy atom. The first kappa shape index (κ1) is 21.7. The zero-order chi connectivity index (χ0) is 20.6. The van der Waals surface area contributed by atoms with E-state index in [4.69, 9.17) is 16.3 Å². The lowest BCUT2D eigenvalue weighted by Crippen LogP contribution is -2.40. The molecule has 1 heterocycles. The number of rotatable bonds is 8. The zero-order valence-corrected chi connectivity index (χ0v) is 18.2. The van der Waals surface area contributed by atoms with Gasteiger partial charge in [0.15, 0.2) is 0 Å². The summed E-state index contributed by atoms with van der Waals surface area (Å²) in [4.78, 5) is 17.7. The third-order valence-corrected chi connectivity index (χ3v) is 6.09. The summed E-state index contributed by atoms with van der Waals surface area (Å²) in [6.45, 7) is 5.67. The molecule has 0 radical (unpaired) electrons. The molecule has 4 nitrogen and oxygen atoms in total. The van der Waals surface area contributed by atoms with Crippen LogP contribution >= 0.6 is 11.6 Å². The summed E-state index contributed by atoms with van der Waals surface area (Å²) in [5, 5.41) is 0.493. The van der Waals surface area contributed by atoms with Crippen molar-refractivity contribution < 1.29 is 9.53 Å². The number of para-hydroxylation sites is 1. The van der Waals surface area contributed by atoms with Gasteiger partial charge in [-0.15, -0.1) is 0 Å². The highest BCUT2D eigenvalue weighted by atomic mass is 35.5. The summed E-state index contributed by atoms with van der Waals surface area (Å²) < 4.78 is 5.50. The number of hydrogen-bond acceptors (Lipinski definition) is 3. The Hall–Kier alpha value is -2.04. The summed E-state index contributed by atoms with van der Waals surface area (Å²) in [5.41, 5.74) is 1.55. The molecular formula is C24H31ClN2O2. The lowest BCUT2D eigenvalue weighted by Gasteiger charge is -2.34. The van der Waals surface area contributed by atoms with E-state index in [9.17, 15) is 4.79 Å². The number of ether oxygens (including phenoxy) is 1. The summed E-state index contributed by atoms with van der Waals surface area (Å²) >= 11 is 6.32. The highest BCUT2D eigenvalue weighted by Crippen LogP contribution is 2.23. The fourth-order valence-corrected chi connectivity index (χ4v) is 4.27. The lowest BCUT2D eigenvalue weighted by molar-refractivity contribution is 0.0725. The van der Waals surface area contributed by atoms with Crippen LogP contribution in [0.25, 0.3) is 0 Å². The van der Waals surface area contributed by atoms with Crippen molar-refractivity contribution in [1.29, 1.82) is 0 Å². The first-order valence-electron chi connectivity index (χ1n) is 10.5. The van der Waals surface area contributed by atoms with Crippen LogP contribution in [0.1, 0.15) is 48.5 Å². The van der Waals surface area contributed by atoms with Crippen molar-refractivity contribution in [3.8, 4) is 5.75 Å². The molecule has 0 bridgehead atoms. The molecule has 156 valence electrons. The van der Waals surface area contributed by atoms with Crippen molar-refractivity contribution in [3.63, 3.8) is 0 Å². The van der Waals surface area contributed by atoms with Crippen LogP contribution in [0.2, 0.25) is 5.02 Å². The average molecular weight is 415 g/mol. The Balaban J connectivity index is 1.73. The van der Waals surface area contributed by atoms with Gasteiger partial charge in [-0.2, -0.15) is 0 Å². The number of piperidine rings is 1. The van der Waals surface area contributed by atoms with Gasteiger partial charge in [-0.25, -0.2) is 0 Å². The number of hydrogen-bond donors (Lipinski definition) is 0. The number of halogens is 1. The van der Waals surface area contributed by atoms with Gasteiger partial charge in [0.05, 0.1) is 17.7 Å². The third kappa shape index (κ3) is 5.74. The number of methoxy groups -OCH3 is 1. The molecule has 1 aliphatic heterocycles. The molecule has 1 amide bonds. The monoisotopic (exact) mass is 414 g/mol. The van der Waals surface area contributed by atoms with Crippen LogP contribution in [-0.2, 0) is 6.54 Å². The Kier molecular flexibility index (Phi) is 7.96. The SMILES string of the molecule is COc1ccccc1CN(CCCN1CCCCC1C)C(=O)c1ccccc1Cl. The van der Waals surface area contributed by atoms with E-state index in [1.165, 1.54) is 19.3 Å². The van der Waals surface area contributed by atoms with Gasteiger partial charge < -0.3 is 14.5 Å². The minimum atomic E-state index is -0.0341. The lowest BCUT2D eigenvalue weighted by atomic mass is 10.0. The van der Waals surface area contributed by atoms with Crippen molar-refractivity contribution in [3.05, 3.63) is 64.7 Å². The fourth-order valence-electron chi connectivity index (χ4n) is 4.05. The number of likely N-dealkylation sites (tertiary alicyclic amines) is 1. The minimum absolute atomic E-state index is 0.0341. The van der Waals surface area contributed by atoms with Gasteiger partial charge in [0.2, 0.25) is 0 Å². The topological polar surface area (TPSA) is 32.8 Å². The van der Waals surface area contributed by atoms with Crippen LogP contribution in [0.15, 0.2) is 48.5 Å². The number of benzene rings is 2. The molecule has 29 heavy (non-hydrogen) atoms. The van der Waals surface area contributed by atoms with E-state index in [1.807, 2.05) is 41.3 Å². The van der Waals surface area contributed by atoms with E-state index in [0.29, 0.717) is 29.7 Å². The van der Waals surface area contributed by atoms with Crippen molar-refractivity contribution in [2.75, 3.05) is 26.7 Å². The fraction of sp³-hybridized carbons (Fsp3) is 0.458. The molecule has 2 aromatic rings. The second-order valence-corrected chi connectivity index (χ2v) is 8.16. The Labute approximate surface area is 179 Å². The van der Waals surface area contributed by atoms with E-state index in [1.54, 1.807) is 19.2 Å². The molecular weight excluding hydrogens is 384 g/mol. The Morgan fingerprint density at radius 1 is 1.17 bits per heavy atom. The second kappa shape index (κ2) is 10.7. The average Bonchev–Trinajstić information content (AvgIpc) is 2.74. The van der Waals surface area contributed by atoms with Crippen molar-refractivity contribution in [1.82, 2.24) is 9.80 Å². The van der Waals surface area contributed by atoms with Crippen LogP contribution in [0, 0.1) is 0 Å². The van der Waals surface area contributed by atoms with Crippen LogP contribution in [0.4, 0.5) is 0 Å². The molecule has 1 fully saturated rings. The largest absolute Gasteiger partial charge is 0.496 e. The van der Waals surface area contributed by atoms with E-state index < -0.39 is 0 Å². The van der Waals surface area contributed by atoms with Crippen LogP contribution in [0.3, 0.4) is 0 Å².